The van der Waals surface area contributed by atoms with Gasteiger partial charge in [-0.2, -0.15) is 8.78 Å². The number of thiazole rings is 1. The third-order valence-electron chi connectivity index (χ3n) is 3.33. The van der Waals surface area contributed by atoms with Crippen LogP contribution in [0.5, 0.6) is 0 Å². The molecule has 2 aromatic carbocycles. The molecule has 4 nitrogen and oxygen atoms in total. The van der Waals surface area contributed by atoms with Crippen molar-refractivity contribution in [3.05, 3.63) is 47.5 Å². The summed E-state index contributed by atoms with van der Waals surface area (Å²) in [7, 11) is 0. The van der Waals surface area contributed by atoms with Crippen molar-refractivity contribution >= 4 is 50.6 Å². The van der Waals surface area contributed by atoms with E-state index in [-0.39, 0.29) is 12.5 Å². The lowest BCUT2D eigenvalue weighted by Gasteiger charge is -2.11. The molecule has 0 radical (unpaired) electrons. The Hall–Kier alpha value is -2.19. The number of anilines is 2. The van der Waals surface area contributed by atoms with Crippen LogP contribution in [0, 0.1) is 6.92 Å². The van der Waals surface area contributed by atoms with E-state index in [0.29, 0.717) is 22.3 Å². The van der Waals surface area contributed by atoms with Crippen molar-refractivity contribution in [2.24, 2.45) is 0 Å². The second-order valence-corrected chi connectivity index (χ2v) is 7.46. The Balaban J connectivity index is 1.62. The highest BCUT2D eigenvalue weighted by Gasteiger charge is 2.11. The van der Waals surface area contributed by atoms with Gasteiger partial charge in [-0.1, -0.05) is 23.9 Å². The summed E-state index contributed by atoms with van der Waals surface area (Å²) in [5, 5.41) is 6.68. The minimum Gasteiger partial charge on any atom is -0.376 e. The molecule has 0 unspecified atom stereocenters. The van der Waals surface area contributed by atoms with Crippen LogP contribution in [-0.2, 0) is 4.79 Å². The first-order valence-electron chi connectivity index (χ1n) is 7.46. The number of fused-ring (bicyclic) bond motifs is 1. The zero-order chi connectivity index (χ0) is 17.8. The molecule has 0 aliphatic carbocycles. The minimum absolute atomic E-state index is 0.0387. The van der Waals surface area contributed by atoms with E-state index in [4.69, 9.17) is 0 Å². The normalized spacial score (nSPS) is 11.0. The van der Waals surface area contributed by atoms with Gasteiger partial charge in [-0.15, -0.1) is 11.3 Å². The molecule has 130 valence electrons. The first-order chi connectivity index (χ1) is 12.0. The molecule has 0 aliphatic rings. The molecule has 1 aromatic heterocycles. The number of benzene rings is 2. The van der Waals surface area contributed by atoms with Crippen molar-refractivity contribution in [1.82, 2.24) is 4.98 Å². The summed E-state index contributed by atoms with van der Waals surface area (Å²) in [6, 6.07) is 12.2. The molecule has 1 amide bonds. The average molecular weight is 379 g/mol. The Morgan fingerprint density at radius 1 is 1.28 bits per heavy atom. The van der Waals surface area contributed by atoms with Crippen LogP contribution in [-0.4, -0.2) is 23.2 Å². The van der Waals surface area contributed by atoms with E-state index in [9.17, 15) is 13.6 Å². The number of amides is 1. The number of hydrogen-bond donors (Lipinski definition) is 2. The lowest BCUT2D eigenvalue weighted by Crippen LogP contribution is -2.22. The second kappa shape index (κ2) is 7.79. The van der Waals surface area contributed by atoms with Gasteiger partial charge in [0.15, 0.2) is 0 Å². The van der Waals surface area contributed by atoms with Crippen molar-refractivity contribution in [3.63, 3.8) is 0 Å². The van der Waals surface area contributed by atoms with Gasteiger partial charge >= 0.3 is 0 Å². The fourth-order valence-corrected chi connectivity index (χ4v) is 3.76. The number of carbonyl (C=O) groups is 1. The zero-order valence-electron chi connectivity index (χ0n) is 13.3. The quantitative estimate of drug-likeness (QED) is 0.594. The number of para-hydroxylation sites is 1. The van der Waals surface area contributed by atoms with Gasteiger partial charge in [0.05, 0.1) is 27.5 Å². The monoisotopic (exact) mass is 379 g/mol. The molecule has 0 spiro atoms. The van der Waals surface area contributed by atoms with E-state index < -0.39 is 5.76 Å². The highest BCUT2D eigenvalue weighted by atomic mass is 32.2. The smallest absolute Gasteiger partial charge is 0.288 e. The van der Waals surface area contributed by atoms with Crippen LogP contribution in [0.2, 0.25) is 0 Å². The second-order valence-electron chi connectivity index (χ2n) is 5.19. The maximum absolute atomic E-state index is 12.6. The summed E-state index contributed by atoms with van der Waals surface area (Å²) in [6.07, 6.45) is 0. The van der Waals surface area contributed by atoms with Gasteiger partial charge in [0.2, 0.25) is 5.91 Å². The van der Waals surface area contributed by atoms with E-state index in [2.05, 4.69) is 15.6 Å². The molecular formula is C17H15F2N3OS2. The summed E-state index contributed by atoms with van der Waals surface area (Å²) in [5.74, 6) is -2.84. The molecule has 3 aromatic rings. The number of hydrogen-bond acceptors (Lipinski definition) is 5. The predicted molar refractivity (Wildman–Crippen MR) is 99.8 cm³/mol. The van der Waals surface area contributed by atoms with E-state index in [0.717, 1.165) is 20.9 Å². The Labute approximate surface area is 151 Å². The first-order valence-corrected chi connectivity index (χ1v) is 9.15. The van der Waals surface area contributed by atoms with Crippen molar-refractivity contribution in [3.8, 4) is 0 Å². The Bertz CT molecular complexity index is 898. The molecule has 8 heteroatoms. The Kier molecular flexibility index (Phi) is 5.50. The summed E-state index contributed by atoms with van der Waals surface area (Å²) in [6.45, 7) is 1.98. The molecule has 3 rings (SSSR count). The van der Waals surface area contributed by atoms with Gasteiger partial charge in [-0.25, -0.2) is 4.98 Å². The van der Waals surface area contributed by atoms with Crippen molar-refractivity contribution in [1.29, 1.82) is 0 Å². The number of nitrogens with zero attached hydrogens (tertiary/aromatic N) is 1. The molecule has 2 N–H and O–H groups in total. The van der Waals surface area contributed by atoms with Gasteiger partial charge in [0.1, 0.15) is 0 Å². The van der Waals surface area contributed by atoms with E-state index in [1.807, 2.05) is 25.1 Å². The maximum atomic E-state index is 12.6. The number of rotatable bonds is 6. The van der Waals surface area contributed by atoms with Crippen LogP contribution in [0.15, 0.2) is 47.4 Å². The number of aromatic nitrogens is 1. The lowest BCUT2D eigenvalue weighted by molar-refractivity contribution is -0.114. The van der Waals surface area contributed by atoms with Gasteiger partial charge < -0.3 is 10.6 Å². The molecule has 0 fully saturated rings. The number of halogens is 2. The largest absolute Gasteiger partial charge is 0.376 e. The highest BCUT2D eigenvalue weighted by Crippen LogP contribution is 2.31. The van der Waals surface area contributed by atoms with Gasteiger partial charge in [0.25, 0.3) is 5.76 Å². The van der Waals surface area contributed by atoms with Gasteiger partial charge in [-0.3, -0.25) is 4.79 Å². The van der Waals surface area contributed by atoms with E-state index >= 15 is 0 Å². The molecule has 0 aliphatic heterocycles. The van der Waals surface area contributed by atoms with Crippen molar-refractivity contribution in [2.75, 3.05) is 17.2 Å². The van der Waals surface area contributed by atoms with Crippen LogP contribution >= 0.6 is 23.1 Å². The van der Waals surface area contributed by atoms with Crippen molar-refractivity contribution in [2.45, 2.75) is 17.6 Å². The topological polar surface area (TPSA) is 54.0 Å². The maximum Gasteiger partial charge on any atom is 0.288 e. The molecule has 0 bridgehead atoms. The van der Waals surface area contributed by atoms with Crippen LogP contribution < -0.4 is 10.6 Å². The molecule has 1 heterocycles. The van der Waals surface area contributed by atoms with Crippen LogP contribution in [0.4, 0.5) is 20.2 Å². The number of alkyl halides is 2. The van der Waals surface area contributed by atoms with Crippen LogP contribution in [0.25, 0.3) is 10.2 Å². The summed E-state index contributed by atoms with van der Waals surface area (Å²) >= 11 is 2.00. The minimum atomic E-state index is -2.54. The highest BCUT2D eigenvalue weighted by molar-refractivity contribution is 7.99. The SMILES string of the molecule is Cc1nc2ccc(NCC(=O)Nc3ccccc3SC(F)F)cc2s1. The van der Waals surface area contributed by atoms with Crippen LogP contribution in [0.3, 0.4) is 0 Å². The van der Waals surface area contributed by atoms with Crippen molar-refractivity contribution < 1.29 is 13.6 Å². The average Bonchev–Trinajstić information content (AvgIpc) is 2.93. The van der Waals surface area contributed by atoms with Gasteiger partial charge in [-0.05, 0) is 37.3 Å². The third kappa shape index (κ3) is 4.67. The van der Waals surface area contributed by atoms with Crippen LogP contribution in [0.1, 0.15) is 5.01 Å². The first kappa shape index (κ1) is 17.6. The molecule has 0 saturated carbocycles. The molecule has 0 atom stereocenters. The zero-order valence-corrected chi connectivity index (χ0v) is 14.9. The summed E-state index contributed by atoms with van der Waals surface area (Å²) in [4.78, 5) is 16.8. The number of thioether (sulfide) groups is 1. The standard InChI is InChI=1S/C17H15F2N3OS2/c1-10-21-13-7-6-11(8-15(13)24-10)20-9-16(23)22-12-4-2-3-5-14(12)25-17(18)19/h2-8,17,20H,9H2,1H3,(H,22,23). The molecule has 0 saturated heterocycles. The number of nitrogens with one attached hydrogen (secondary N) is 2. The predicted octanol–water partition coefficient (Wildman–Crippen LogP) is 4.97. The summed E-state index contributed by atoms with van der Waals surface area (Å²) < 4.78 is 26.2. The fourth-order valence-electron chi connectivity index (χ4n) is 2.30. The number of aryl methyl sites for hydroxylation is 1. The lowest BCUT2D eigenvalue weighted by atomic mass is 10.3. The number of carbonyl (C=O) groups excluding carboxylic acids is 1. The van der Waals surface area contributed by atoms with Gasteiger partial charge in [0, 0.05) is 10.6 Å². The third-order valence-corrected chi connectivity index (χ3v) is 5.05. The van der Waals surface area contributed by atoms with E-state index in [1.165, 1.54) is 0 Å². The molecular weight excluding hydrogens is 364 g/mol. The Morgan fingerprint density at radius 2 is 2.08 bits per heavy atom. The summed E-state index contributed by atoms with van der Waals surface area (Å²) in [5.41, 5.74) is 2.12. The molecule has 25 heavy (non-hydrogen) atoms. The van der Waals surface area contributed by atoms with E-state index in [1.54, 1.807) is 35.6 Å². The Morgan fingerprint density at radius 3 is 2.88 bits per heavy atom. The fraction of sp³-hybridized carbons (Fsp3) is 0.176.